The summed E-state index contributed by atoms with van der Waals surface area (Å²) < 4.78 is 13.5. The Balaban J connectivity index is 1.69. The SMILES string of the molecule is O=C(CCc1ccccn1)N1CCNCC1c1cccc(F)c1. The molecule has 1 amide bonds. The van der Waals surface area contributed by atoms with Crippen molar-refractivity contribution < 1.29 is 9.18 Å². The molecule has 0 radical (unpaired) electrons. The van der Waals surface area contributed by atoms with Crippen molar-refractivity contribution in [3.8, 4) is 0 Å². The maximum absolute atomic E-state index is 13.5. The van der Waals surface area contributed by atoms with E-state index in [0.717, 1.165) is 17.8 Å². The van der Waals surface area contributed by atoms with E-state index in [0.29, 0.717) is 25.9 Å². The summed E-state index contributed by atoms with van der Waals surface area (Å²) in [6.45, 7) is 2.06. The van der Waals surface area contributed by atoms with Gasteiger partial charge in [0.15, 0.2) is 0 Å². The number of carbonyl (C=O) groups is 1. The van der Waals surface area contributed by atoms with Crippen LogP contribution < -0.4 is 5.32 Å². The van der Waals surface area contributed by atoms with Gasteiger partial charge in [-0.05, 0) is 36.2 Å². The number of nitrogens with zero attached hydrogens (tertiary/aromatic N) is 2. The molecule has 2 aromatic rings. The molecule has 1 saturated heterocycles. The average Bonchev–Trinajstić information content (AvgIpc) is 2.60. The summed E-state index contributed by atoms with van der Waals surface area (Å²) in [5, 5.41) is 3.28. The number of rotatable bonds is 4. The van der Waals surface area contributed by atoms with E-state index in [4.69, 9.17) is 0 Å². The number of hydrogen-bond acceptors (Lipinski definition) is 3. The summed E-state index contributed by atoms with van der Waals surface area (Å²) in [4.78, 5) is 18.7. The Morgan fingerprint density at radius 3 is 3.00 bits per heavy atom. The van der Waals surface area contributed by atoms with E-state index in [9.17, 15) is 9.18 Å². The molecule has 0 spiro atoms. The van der Waals surface area contributed by atoms with Crippen LogP contribution in [0.25, 0.3) is 0 Å². The van der Waals surface area contributed by atoms with E-state index >= 15 is 0 Å². The number of aryl methyl sites for hydroxylation is 1. The average molecular weight is 313 g/mol. The van der Waals surface area contributed by atoms with Gasteiger partial charge in [0.2, 0.25) is 5.91 Å². The van der Waals surface area contributed by atoms with E-state index in [-0.39, 0.29) is 17.8 Å². The van der Waals surface area contributed by atoms with Crippen LogP contribution in [0.1, 0.15) is 23.7 Å². The Labute approximate surface area is 135 Å². The molecule has 1 aromatic carbocycles. The van der Waals surface area contributed by atoms with Crippen molar-refractivity contribution in [1.82, 2.24) is 15.2 Å². The lowest BCUT2D eigenvalue weighted by atomic mass is 10.0. The van der Waals surface area contributed by atoms with Crippen molar-refractivity contribution in [2.24, 2.45) is 0 Å². The van der Waals surface area contributed by atoms with Gasteiger partial charge in [-0.1, -0.05) is 18.2 Å². The summed E-state index contributed by atoms with van der Waals surface area (Å²) in [5.41, 5.74) is 1.75. The van der Waals surface area contributed by atoms with Crippen molar-refractivity contribution in [3.63, 3.8) is 0 Å². The van der Waals surface area contributed by atoms with Crippen molar-refractivity contribution in [2.75, 3.05) is 19.6 Å². The van der Waals surface area contributed by atoms with Gasteiger partial charge in [0, 0.05) is 37.9 Å². The lowest BCUT2D eigenvalue weighted by Crippen LogP contribution is -2.48. The highest BCUT2D eigenvalue weighted by atomic mass is 19.1. The van der Waals surface area contributed by atoms with Crippen LogP contribution in [0.3, 0.4) is 0 Å². The second kappa shape index (κ2) is 7.33. The Hall–Kier alpha value is -2.27. The van der Waals surface area contributed by atoms with E-state index in [1.807, 2.05) is 29.2 Å². The lowest BCUT2D eigenvalue weighted by molar-refractivity contribution is -0.134. The molecule has 1 fully saturated rings. The van der Waals surface area contributed by atoms with Gasteiger partial charge in [-0.2, -0.15) is 0 Å². The Morgan fingerprint density at radius 2 is 2.22 bits per heavy atom. The highest BCUT2D eigenvalue weighted by Gasteiger charge is 2.27. The first-order chi connectivity index (χ1) is 11.2. The summed E-state index contributed by atoms with van der Waals surface area (Å²) in [6, 6.07) is 12.1. The summed E-state index contributed by atoms with van der Waals surface area (Å²) >= 11 is 0. The molecule has 4 nitrogen and oxygen atoms in total. The van der Waals surface area contributed by atoms with Crippen molar-refractivity contribution in [3.05, 3.63) is 65.7 Å². The quantitative estimate of drug-likeness (QED) is 0.942. The number of nitrogens with one attached hydrogen (secondary N) is 1. The molecule has 1 aromatic heterocycles. The Kier molecular flexibility index (Phi) is 4.98. The molecule has 0 saturated carbocycles. The van der Waals surface area contributed by atoms with Crippen LogP contribution in [0.4, 0.5) is 4.39 Å². The third-order valence-electron chi connectivity index (χ3n) is 4.12. The molecular formula is C18H20FN3O. The van der Waals surface area contributed by atoms with E-state index < -0.39 is 0 Å². The standard InChI is InChI=1S/C18H20FN3O/c19-15-5-3-4-14(12-15)17-13-20-10-11-22(17)18(23)8-7-16-6-1-2-9-21-16/h1-6,9,12,17,20H,7-8,10-11,13H2. The number of benzene rings is 1. The number of piperazine rings is 1. The highest BCUT2D eigenvalue weighted by Crippen LogP contribution is 2.23. The predicted molar refractivity (Wildman–Crippen MR) is 86.3 cm³/mol. The van der Waals surface area contributed by atoms with Gasteiger partial charge in [-0.25, -0.2) is 4.39 Å². The summed E-state index contributed by atoms with van der Waals surface area (Å²) in [7, 11) is 0. The molecule has 1 atom stereocenters. The zero-order valence-electron chi connectivity index (χ0n) is 12.9. The number of carbonyl (C=O) groups excluding carboxylic acids is 1. The van der Waals surface area contributed by atoms with Crippen LogP contribution >= 0.6 is 0 Å². The zero-order chi connectivity index (χ0) is 16.1. The number of halogens is 1. The molecule has 1 unspecified atom stereocenters. The Bertz CT molecular complexity index is 662. The minimum Gasteiger partial charge on any atom is -0.333 e. The molecule has 1 aliphatic rings. The minimum absolute atomic E-state index is 0.0893. The van der Waals surface area contributed by atoms with Gasteiger partial charge < -0.3 is 10.2 Å². The van der Waals surface area contributed by atoms with Gasteiger partial charge in [-0.3, -0.25) is 9.78 Å². The van der Waals surface area contributed by atoms with E-state index in [1.165, 1.54) is 12.1 Å². The molecule has 0 aliphatic carbocycles. The monoisotopic (exact) mass is 313 g/mol. The first-order valence-electron chi connectivity index (χ1n) is 7.89. The fourth-order valence-corrected chi connectivity index (χ4v) is 2.94. The van der Waals surface area contributed by atoms with Crippen LogP contribution in [0.2, 0.25) is 0 Å². The van der Waals surface area contributed by atoms with Crippen molar-refractivity contribution in [1.29, 1.82) is 0 Å². The largest absolute Gasteiger partial charge is 0.333 e. The lowest BCUT2D eigenvalue weighted by Gasteiger charge is -2.36. The third kappa shape index (κ3) is 3.93. The molecular weight excluding hydrogens is 293 g/mol. The van der Waals surface area contributed by atoms with Crippen LogP contribution in [0.5, 0.6) is 0 Å². The van der Waals surface area contributed by atoms with Crippen LogP contribution in [-0.4, -0.2) is 35.4 Å². The fourth-order valence-electron chi connectivity index (χ4n) is 2.94. The van der Waals surface area contributed by atoms with Gasteiger partial charge >= 0.3 is 0 Å². The third-order valence-corrected chi connectivity index (χ3v) is 4.12. The minimum atomic E-state index is -0.269. The van der Waals surface area contributed by atoms with Crippen LogP contribution in [0, 0.1) is 5.82 Å². The zero-order valence-corrected chi connectivity index (χ0v) is 12.9. The van der Waals surface area contributed by atoms with Crippen molar-refractivity contribution in [2.45, 2.75) is 18.9 Å². The molecule has 1 aliphatic heterocycles. The normalized spacial score (nSPS) is 18.0. The van der Waals surface area contributed by atoms with Gasteiger partial charge in [-0.15, -0.1) is 0 Å². The maximum atomic E-state index is 13.5. The first-order valence-corrected chi connectivity index (χ1v) is 7.89. The van der Waals surface area contributed by atoms with E-state index in [2.05, 4.69) is 10.3 Å². The molecule has 1 N–H and O–H groups in total. The summed E-state index contributed by atoms with van der Waals surface area (Å²) in [6.07, 6.45) is 2.78. The number of hydrogen-bond donors (Lipinski definition) is 1. The van der Waals surface area contributed by atoms with Gasteiger partial charge in [0.1, 0.15) is 5.82 Å². The molecule has 5 heteroatoms. The topological polar surface area (TPSA) is 45.2 Å². The van der Waals surface area contributed by atoms with Crippen LogP contribution in [0.15, 0.2) is 48.7 Å². The second-order valence-corrected chi connectivity index (χ2v) is 5.68. The maximum Gasteiger partial charge on any atom is 0.223 e. The van der Waals surface area contributed by atoms with Gasteiger partial charge in [0.25, 0.3) is 0 Å². The number of amides is 1. The molecule has 3 rings (SSSR count). The first kappa shape index (κ1) is 15.6. The highest BCUT2D eigenvalue weighted by molar-refractivity contribution is 5.77. The molecule has 2 heterocycles. The molecule has 23 heavy (non-hydrogen) atoms. The summed E-state index contributed by atoms with van der Waals surface area (Å²) in [5.74, 6) is -0.180. The second-order valence-electron chi connectivity index (χ2n) is 5.68. The Morgan fingerprint density at radius 1 is 1.30 bits per heavy atom. The molecule has 120 valence electrons. The van der Waals surface area contributed by atoms with Crippen molar-refractivity contribution >= 4 is 5.91 Å². The van der Waals surface area contributed by atoms with E-state index in [1.54, 1.807) is 12.3 Å². The van der Waals surface area contributed by atoms with Crippen LogP contribution in [-0.2, 0) is 11.2 Å². The fraction of sp³-hybridized carbons (Fsp3) is 0.333. The number of aromatic nitrogens is 1. The van der Waals surface area contributed by atoms with Gasteiger partial charge in [0.05, 0.1) is 6.04 Å². The molecule has 0 bridgehead atoms. The predicted octanol–water partition coefficient (Wildman–Crippen LogP) is 2.33. The smallest absolute Gasteiger partial charge is 0.223 e. The number of pyridine rings is 1.